The third-order valence-electron chi connectivity index (χ3n) is 3.94. The summed E-state index contributed by atoms with van der Waals surface area (Å²) in [5.74, 6) is 0.861. The minimum atomic E-state index is 0.519. The van der Waals surface area contributed by atoms with E-state index in [4.69, 9.17) is 0 Å². The summed E-state index contributed by atoms with van der Waals surface area (Å²) in [6.45, 7) is 6.75. The molecule has 1 aromatic rings. The molecule has 1 aliphatic carbocycles. The van der Waals surface area contributed by atoms with Gasteiger partial charge in [-0.3, -0.25) is 0 Å². The van der Waals surface area contributed by atoms with Crippen molar-refractivity contribution in [3.63, 3.8) is 0 Å². The van der Waals surface area contributed by atoms with Crippen LogP contribution >= 0.6 is 0 Å². The quantitative estimate of drug-likeness (QED) is 0.785. The molecule has 1 fully saturated rings. The Hall–Kier alpha value is -1.12. The summed E-state index contributed by atoms with van der Waals surface area (Å²) < 4.78 is 0. The maximum absolute atomic E-state index is 4.40. The molecule has 2 rings (SSSR count). The van der Waals surface area contributed by atoms with Gasteiger partial charge in [0.1, 0.15) is 0 Å². The molecule has 0 aromatic carbocycles. The van der Waals surface area contributed by atoms with Crippen molar-refractivity contribution in [1.82, 2.24) is 9.97 Å². The molecular formula is C14H23N3. The van der Waals surface area contributed by atoms with Gasteiger partial charge in [0.15, 0.2) is 0 Å². The van der Waals surface area contributed by atoms with E-state index in [-0.39, 0.29) is 0 Å². The van der Waals surface area contributed by atoms with Crippen LogP contribution in [0.15, 0.2) is 12.4 Å². The molecule has 0 bridgehead atoms. The van der Waals surface area contributed by atoms with E-state index in [1.165, 1.54) is 25.7 Å². The summed E-state index contributed by atoms with van der Waals surface area (Å²) in [6.07, 6.45) is 8.89. The summed E-state index contributed by atoms with van der Waals surface area (Å²) in [6, 6.07) is 0.603. The average molecular weight is 233 g/mol. The van der Waals surface area contributed by atoms with E-state index in [1.54, 1.807) is 0 Å². The molecule has 94 valence electrons. The summed E-state index contributed by atoms with van der Waals surface area (Å²) in [5, 5.41) is 0. The lowest BCUT2D eigenvalue weighted by atomic mass is 9.75. The summed E-state index contributed by atoms with van der Waals surface area (Å²) in [7, 11) is 2.12. The van der Waals surface area contributed by atoms with Crippen LogP contribution < -0.4 is 4.90 Å². The monoisotopic (exact) mass is 233 g/mol. The molecule has 0 amide bonds. The van der Waals surface area contributed by atoms with Gasteiger partial charge in [0.05, 0.1) is 0 Å². The molecule has 0 spiro atoms. The molecule has 0 unspecified atom stereocenters. The lowest BCUT2D eigenvalue weighted by molar-refractivity contribution is 0.222. The predicted octanol–water partition coefficient (Wildman–Crippen LogP) is 3.19. The van der Waals surface area contributed by atoms with Gasteiger partial charge in [-0.15, -0.1) is 0 Å². The Bertz CT molecular complexity index is 360. The molecule has 0 saturated heterocycles. The Morgan fingerprint density at radius 2 is 1.71 bits per heavy atom. The van der Waals surface area contributed by atoms with Crippen LogP contribution in [0.1, 0.15) is 45.1 Å². The molecule has 0 aliphatic heterocycles. The van der Waals surface area contributed by atoms with Gasteiger partial charge in [-0.25, -0.2) is 9.97 Å². The lowest BCUT2D eigenvalue weighted by Gasteiger charge is -2.38. The molecule has 1 aliphatic rings. The second-order valence-corrected chi connectivity index (χ2v) is 6.07. The van der Waals surface area contributed by atoms with Gasteiger partial charge < -0.3 is 4.90 Å². The summed E-state index contributed by atoms with van der Waals surface area (Å²) in [5.41, 5.74) is 1.64. The van der Waals surface area contributed by atoms with Gasteiger partial charge in [0.25, 0.3) is 0 Å². The van der Waals surface area contributed by atoms with Crippen LogP contribution in [0.4, 0.5) is 5.95 Å². The Balaban J connectivity index is 2.01. The van der Waals surface area contributed by atoms with Gasteiger partial charge in [0.2, 0.25) is 5.95 Å². The van der Waals surface area contributed by atoms with Gasteiger partial charge >= 0.3 is 0 Å². The molecule has 1 aromatic heterocycles. The fourth-order valence-corrected chi connectivity index (χ4v) is 2.50. The normalized spacial score (nSPS) is 20.2. The smallest absolute Gasteiger partial charge is 0.225 e. The zero-order valence-corrected chi connectivity index (χ0v) is 11.4. The van der Waals surface area contributed by atoms with Crippen molar-refractivity contribution in [2.24, 2.45) is 5.41 Å². The van der Waals surface area contributed by atoms with E-state index in [0.717, 1.165) is 11.5 Å². The summed E-state index contributed by atoms with van der Waals surface area (Å²) >= 11 is 0. The van der Waals surface area contributed by atoms with Crippen molar-refractivity contribution >= 4 is 5.95 Å². The maximum Gasteiger partial charge on any atom is 0.225 e. The van der Waals surface area contributed by atoms with Crippen LogP contribution in [0.3, 0.4) is 0 Å². The van der Waals surface area contributed by atoms with Crippen LogP contribution in [-0.4, -0.2) is 23.1 Å². The number of anilines is 1. The first-order valence-electron chi connectivity index (χ1n) is 6.49. The second-order valence-electron chi connectivity index (χ2n) is 6.07. The van der Waals surface area contributed by atoms with E-state index in [9.17, 15) is 0 Å². The predicted molar refractivity (Wildman–Crippen MR) is 71.2 cm³/mol. The highest BCUT2D eigenvalue weighted by Gasteiger charge is 2.29. The van der Waals surface area contributed by atoms with Crippen LogP contribution in [0.25, 0.3) is 0 Å². The fraction of sp³-hybridized carbons (Fsp3) is 0.714. The SMILES string of the molecule is Cc1cnc(N(C)C2CCC(C)(C)CC2)nc1. The largest absolute Gasteiger partial charge is 0.341 e. The van der Waals surface area contributed by atoms with E-state index in [2.05, 4.69) is 35.8 Å². The Morgan fingerprint density at radius 3 is 2.24 bits per heavy atom. The molecular weight excluding hydrogens is 210 g/mol. The van der Waals surface area contributed by atoms with E-state index in [1.807, 2.05) is 19.3 Å². The van der Waals surface area contributed by atoms with Crippen molar-refractivity contribution in [2.45, 2.75) is 52.5 Å². The molecule has 3 heteroatoms. The Morgan fingerprint density at radius 1 is 1.18 bits per heavy atom. The molecule has 3 nitrogen and oxygen atoms in total. The van der Waals surface area contributed by atoms with Crippen molar-refractivity contribution in [3.05, 3.63) is 18.0 Å². The highest BCUT2D eigenvalue weighted by Crippen LogP contribution is 2.37. The molecule has 17 heavy (non-hydrogen) atoms. The molecule has 0 radical (unpaired) electrons. The average Bonchev–Trinajstić information content (AvgIpc) is 2.29. The minimum Gasteiger partial charge on any atom is -0.341 e. The zero-order valence-electron chi connectivity index (χ0n) is 11.4. The topological polar surface area (TPSA) is 29.0 Å². The van der Waals surface area contributed by atoms with Gasteiger partial charge in [-0.05, 0) is 43.6 Å². The number of hydrogen-bond acceptors (Lipinski definition) is 3. The van der Waals surface area contributed by atoms with Gasteiger partial charge in [-0.1, -0.05) is 13.8 Å². The third-order valence-corrected chi connectivity index (χ3v) is 3.94. The fourth-order valence-electron chi connectivity index (χ4n) is 2.50. The lowest BCUT2D eigenvalue weighted by Crippen LogP contribution is -2.38. The highest BCUT2D eigenvalue weighted by molar-refractivity contribution is 5.30. The molecule has 1 heterocycles. The first-order valence-corrected chi connectivity index (χ1v) is 6.49. The molecule has 0 atom stereocenters. The minimum absolute atomic E-state index is 0.519. The first-order chi connectivity index (χ1) is 7.98. The maximum atomic E-state index is 4.40. The van der Waals surface area contributed by atoms with E-state index in [0.29, 0.717) is 11.5 Å². The second kappa shape index (κ2) is 4.63. The molecule has 1 saturated carbocycles. The van der Waals surface area contributed by atoms with E-state index < -0.39 is 0 Å². The number of nitrogens with zero attached hydrogens (tertiary/aromatic N) is 3. The Labute approximate surface area is 104 Å². The van der Waals surface area contributed by atoms with Crippen LogP contribution in [-0.2, 0) is 0 Å². The number of hydrogen-bond donors (Lipinski definition) is 0. The first kappa shape index (κ1) is 12.3. The number of aromatic nitrogens is 2. The van der Waals surface area contributed by atoms with Gasteiger partial charge in [0, 0.05) is 25.5 Å². The standard InChI is InChI=1S/C14H23N3/c1-11-9-15-13(16-10-11)17(4)12-5-7-14(2,3)8-6-12/h9-10,12H,5-8H2,1-4H3. The van der Waals surface area contributed by atoms with Crippen molar-refractivity contribution in [3.8, 4) is 0 Å². The van der Waals surface area contributed by atoms with Crippen molar-refractivity contribution in [2.75, 3.05) is 11.9 Å². The zero-order chi connectivity index (χ0) is 12.5. The number of aryl methyl sites for hydroxylation is 1. The Kier molecular flexibility index (Phi) is 3.36. The van der Waals surface area contributed by atoms with E-state index >= 15 is 0 Å². The molecule has 0 N–H and O–H groups in total. The highest BCUT2D eigenvalue weighted by atomic mass is 15.2. The van der Waals surface area contributed by atoms with Crippen molar-refractivity contribution in [1.29, 1.82) is 0 Å². The number of rotatable bonds is 2. The van der Waals surface area contributed by atoms with Crippen LogP contribution in [0.5, 0.6) is 0 Å². The van der Waals surface area contributed by atoms with Gasteiger partial charge in [-0.2, -0.15) is 0 Å². The van der Waals surface area contributed by atoms with Crippen LogP contribution in [0.2, 0.25) is 0 Å². The van der Waals surface area contributed by atoms with Crippen LogP contribution in [0, 0.1) is 12.3 Å². The third kappa shape index (κ3) is 2.96. The summed E-state index contributed by atoms with van der Waals surface area (Å²) in [4.78, 5) is 11.1. The van der Waals surface area contributed by atoms with Crippen molar-refractivity contribution < 1.29 is 0 Å².